The normalized spacial score (nSPS) is 19.9. The van der Waals surface area contributed by atoms with Gasteiger partial charge in [-0.05, 0) is 30.7 Å². The van der Waals surface area contributed by atoms with Gasteiger partial charge in [-0.3, -0.25) is 25.1 Å². The first-order valence-electron chi connectivity index (χ1n) is 10.8. The third kappa shape index (κ3) is 5.81. The van der Waals surface area contributed by atoms with Gasteiger partial charge in [0.05, 0.1) is 12.6 Å². The van der Waals surface area contributed by atoms with Crippen molar-refractivity contribution >= 4 is 23.6 Å². The molecule has 9 heteroatoms. The van der Waals surface area contributed by atoms with E-state index in [1.54, 1.807) is 29.2 Å². The molecule has 168 valence electrons. The number of amides is 2. The summed E-state index contributed by atoms with van der Waals surface area (Å²) >= 11 is 0. The monoisotopic (exact) mass is 429 g/mol. The maximum absolute atomic E-state index is 13.2. The molecule has 2 amide bonds. The number of nitrogens with two attached hydrogens (primary N) is 1. The van der Waals surface area contributed by atoms with Crippen molar-refractivity contribution in [3.8, 4) is 0 Å². The molecule has 31 heavy (non-hydrogen) atoms. The zero-order chi connectivity index (χ0) is 22.4. The highest BCUT2D eigenvalue weighted by Crippen LogP contribution is 2.29. The lowest BCUT2D eigenvalue weighted by Gasteiger charge is -2.43. The molecule has 1 saturated heterocycles. The van der Waals surface area contributed by atoms with E-state index in [9.17, 15) is 14.4 Å². The highest BCUT2D eigenvalue weighted by molar-refractivity contribution is 5.95. The second kappa shape index (κ2) is 10.4. The van der Waals surface area contributed by atoms with Crippen molar-refractivity contribution in [2.75, 3.05) is 13.1 Å². The summed E-state index contributed by atoms with van der Waals surface area (Å²) in [6, 6.07) is 5.97. The van der Waals surface area contributed by atoms with E-state index < -0.39 is 18.1 Å². The highest BCUT2D eigenvalue weighted by atomic mass is 16.4. The Hall–Kier alpha value is -2.94. The van der Waals surface area contributed by atoms with Gasteiger partial charge in [-0.15, -0.1) is 0 Å². The molecule has 9 nitrogen and oxygen atoms in total. The largest absolute Gasteiger partial charge is 0.480 e. The summed E-state index contributed by atoms with van der Waals surface area (Å²) in [5.41, 5.74) is 6.94. The molecule has 1 aromatic carbocycles. The number of amidine groups is 1. The molecule has 1 heterocycles. The van der Waals surface area contributed by atoms with Crippen molar-refractivity contribution in [3.63, 3.8) is 0 Å². The second-order valence-corrected chi connectivity index (χ2v) is 8.31. The molecule has 1 aliphatic heterocycles. The predicted octanol–water partition coefficient (Wildman–Crippen LogP) is 0.811. The fourth-order valence-corrected chi connectivity index (χ4v) is 4.33. The summed E-state index contributed by atoms with van der Waals surface area (Å²) in [4.78, 5) is 38.5. The van der Waals surface area contributed by atoms with Crippen molar-refractivity contribution in [2.24, 2.45) is 11.7 Å². The molecule has 0 aromatic heterocycles. The van der Waals surface area contributed by atoms with Crippen molar-refractivity contribution in [2.45, 2.75) is 57.2 Å². The Kier molecular flexibility index (Phi) is 7.62. The summed E-state index contributed by atoms with van der Waals surface area (Å²) in [5.74, 6) is -1.29. The first-order valence-corrected chi connectivity index (χ1v) is 10.8. The van der Waals surface area contributed by atoms with E-state index in [-0.39, 0.29) is 30.1 Å². The molecule has 2 aliphatic rings. The van der Waals surface area contributed by atoms with Crippen LogP contribution in [0.1, 0.15) is 49.7 Å². The van der Waals surface area contributed by atoms with Crippen LogP contribution in [0.4, 0.5) is 0 Å². The van der Waals surface area contributed by atoms with E-state index in [4.69, 9.17) is 16.2 Å². The smallest absolute Gasteiger partial charge is 0.317 e. The van der Waals surface area contributed by atoms with Crippen molar-refractivity contribution < 1.29 is 19.5 Å². The summed E-state index contributed by atoms with van der Waals surface area (Å²) in [6.07, 6.45) is 5.59. The van der Waals surface area contributed by atoms with Crippen molar-refractivity contribution in [3.05, 3.63) is 35.4 Å². The van der Waals surface area contributed by atoms with Crippen LogP contribution in [0.5, 0.6) is 0 Å². The van der Waals surface area contributed by atoms with Crippen LogP contribution in [0.25, 0.3) is 0 Å². The van der Waals surface area contributed by atoms with E-state index in [0.29, 0.717) is 25.1 Å². The Balaban J connectivity index is 1.58. The van der Waals surface area contributed by atoms with Crippen LogP contribution in [0.15, 0.2) is 24.3 Å². The molecular formula is C22H31N5O4. The number of carbonyl (C=O) groups is 3. The summed E-state index contributed by atoms with van der Waals surface area (Å²) < 4.78 is 0. The number of hydrogen-bond donors (Lipinski definition) is 5. The number of likely N-dealkylation sites (tertiary alicyclic amines) is 1. The number of rotatable bonds is 9. The summed E-state index contributed by atoms with van der Waals surface area (Å²) in [7, 11) is 0. The molecule has 0 radical (unpaired) electrons. The lowest BCUT2D eigenvalue weighted by Crippen LogP contribution is -2.63. The number of carboxylic acid groups (broad SMARTS) is 1. The van der Waals surface area contributed by atoms with Crippen LogP contribution in [-0.2, 0) is 20.9 Å². The summed E-state index contributed by atoms with van der Waals surface area (Å²) in [6.45, 7) is 0.551. The van der Waals surface area contributed by atoms with Gasteiger partial charge in [-0.25, -0.2) is 0 Å². The Morgan fingerprint density at radius 2 is 1.81 bits per heavy atom. The highest BCUT2D eigenvalue weighted by Gasteiger charge is 2.42. The fraction of sp³-hybridized carbons (Fsp3) is 0.545. The quantitative estimate of drug-likeness (QED) is 0.290. The SMILES string of the molecule is N=C(N)c1ccc(CNC(=O)[C@@H]2CCN2C(=O)C(NCC(=O)O)C2CCCCC2)cc1. The van der Waals surface area contributed by atoms with Crippen LogP contribution in [0.3, 0.4) is 0 Å². The molecule has 0 spiro atoms. The molecule has 1 unspecified atom stereocenters. The maximum Gasteiger partial charge on any atom is 0.317 e. The van der Waals surface area contributed by atoms with E-state index in [1.807, 2.05) is 0 Å². The average Bonchev–Trinajstić information content (AvgIpc) is 2.72. The molecule has 1 aliphatic carbocycles. The van der Waals surface area contributed by atoms with Gasteiger partial charge in [0, 0.05) is 18.7 Å². The van der Waals surface area contributed by atoms with Crippen LogP contribution < -0.4 is 16.4 Å². The minimum absolute atomic E-state index is 0.0109. The van der Waals surface area contributed by atoms with Gasteiger partial charge in [-0.1, -0.05) is 43.5 Å². The topological polar surface area (TPSA) is 149 Å². The van der Waals surface area contributed by atoms with E-state index >= 15 is 0 Å². The van der Waals surface area contributed by atoms with Gasteiger partial charge < -0.3 is 21.1 Å². The molecule has 6 N–H and O–H groups in total. The number of nitrogens with one attached hydrogen (secondary N) is 3. The first-order chi connectivity index (χ1) is 14.9. The Labute approximate surface area is 181 Å². The minimum Gasteiger partial charge on any atom is -0.480 e. The number of carboxylic acids is 1. The molecule has 1 saturated carbocycles. The number of nitrogens with zero attached hydrogens (tertiary/aromatic N) is 1. The van der Waals surface area contributed by atoms with Crippen LogP contribution in [0.2, 0.25) is 0 Å². The molecule has 2 fully saturated rings. The first kappa shape index (κ1) is 22.7. The van der Waals surface area contributed by atoms with E-state index in [1.165, 1.54) is 0 Å². The van der Waals surface area contributed by atoms with Gasteiger partial charge in [-0.2, -0.15) is 0 Å². The number of aliphatic carboxylic acids is 1. The molecule has 0 bridgehead atoms. The zero-order valence-corrected chi connectivity index (χ0v) is 17.6. The summed E-state index contributed by atoms with van der Waals surface area (Å²) in [5, 5.41) is 22.3. The van der Waals surface area contributed by atoms with Gasteiger partial charge in [0.25, 0.3) is 0 Å². The van der Waals surface area contributed by atoms with Crippen molar-refractivity contribution in [1.29, 1.82) is 5.41 Å². The Morgan fingerprint density at radius 1 is 1.13 bits per heavy atom. The molecule has 2 atom stereocenters. The zero-order valence-electron chi connectivity index (χ0n) is 17.6. The predicted molar refractivity (Wildman–Crippen MR) is 115 cm³/mol. The van der Waals surface area contributed by atoms with Crippen LogP contribution in [0, 0.1) is 11.3 Å². The Bertz CT molecular complexity index is 820. The third-order valence-corrected chi connectivity index (χ3v) is 6.20. The van der Waals surface area contributed by atoms with Crippen LogP contribution >= 0.6 is 0 Å². The number of carbonyl (C=O) groups excluding carboxylic acids is 2. The molecular weight excluding hydrogens is 398 g/mol. The Morgan fingerprint density at radius 3 is 2.35 bits per heavy atom. The van der Waals surface area contributed by atoms with Crippen LogP contribution in [-0.4, -0.2) is 58.8 Å². The van der Waals surface area contributed by atoms with E-state index in [0.717, 1.165) is 37.7 Å². The average molecular weight is 430 g/mol. The lowest BCUT2D eigenvalue weighted by molar-refractivity contribution is -0.150. The molecule has 1 aromatic rings. The third-order valence-electron chi connectivity index (χ3n) is 6.20. The van der Waals surface area contributed by atoms with Gasteiger partial charge >= 0.3 is 5.97 Å². The van der Waals surface area contributed by atoms with Gasteiger partial charge in [0.1, 0.15) is 11.9 Å². The molecule has 3 rings (SSSR count). The van der Waals surface area contributed by atoms with E-state index in [2.05, 4.69) is 10.6 Å². The number of hydrogen-bond acceptors (Lipinski definition) is 5. The maximum atomic E-state index is 13.2. The van der Waals surface area contributed by atoms with Gasteiger partial charge in [0.2, 0.25) is 11.8 Å². The number of benzene rings is 1. The standard InChI is InChI=1S/C22H31N5O4/c23-20(24)16-8-6-14(7-9-16)12-26-21(30)17-10-11-27(17)22(31)19(25-13-18(28)29)15-4-2-1-3-5-15/h6-9,15,17,19,25H,1-5,10-13H2,(H3,23,24)(H,26,30)(H,28,29)/t17-,19?/m0/s1. The van der Waals surface area contributed by atoms with Gasteiger partial charge in [0.15, 0.2) is 0 Å². The number of nitrogen functional groups attached to an aromatic ring is 1. The minimum atomic E-state index is -0.998. The van der Waals surface area contributed by atoms with Crippen molar-refractivity contribution in [1.82, 2.24) is 15.5 Å². The second-order valence-electron chi connectivity index (χ2n) is 8.31. The fourth-order valence-electron chi connectivity index (χ4n) is 4.33. The lowest BCUT2D eigenvalue weighted by atomic mass is 9.82.